The van der Waals surface area contributed by atoms with E-state index in [1.54, 1.807) is 0 Å². The number of fused-ring (bicyclic) bond motifs is 2. The number of pyridine rings is 1. The third-order valence-corrected chi connectivity index (χ3v) is 5.99. The van der Waals surface area contributed by atoms with Gasteiger partial charge in [0.2, 0.25) is 0 Å². The SMILES string of the molecule is CC12CCC(C1)C(C)(C)C2(O)Cc1ccccn1. The fourth-order valence-corrected chi connectivity index (χ4v) is 4.55. The molecule has 2 bridgehead atoms. The van der Waals surface area contributed by atoms with Gasteiger partial charge in [-0.3, -0.25) is 4.98 Å². The van der Waals surface area contributed by atoms with Crippen LogP contribution >= 0.6 is 0 Å². The van der Waals surface area contributed by atoms with Gasteiger partial charge in [-0.25, -0.2) is 0 Å². The van der Waals surface area contributed by atoms with Crippen molar-refractivity contribution < 1.29 is 5.11 Å². The van der Waals surface area contributed by atoms with Gasteiger partial charge in [0, 0.05) is 18.3 Å². The molecule has 98 valence electrons. The summed E-state index contributed by atoms with van der Waals surface area (Å²) >= 11 is 0. The van der Waals surface area contributed by atoms with Crippen molar-refractivity contribution in [1.29, 1.82) is 0 Å². The van der Waals surface area contributed by atoms with Crippen LogP contribution in [0.4, 0.5) is 0 Å². The van der Waals surface area contributed by atoms with Crippen LogP contribution < -0.4 is 0 Å². The molecular formula is C16H23NO. The normalized spacial score (nSPS) is 41.2. The maximum absolute atomic E-state index is 11.4. The number of hydrogen-bond donors (Lipinski definition) is 1. The van der Waals surface area contributed by atoms with Gasteiger partial charge >= 0.3 is 0 Å². The van der Waals surface area contributed by atoms with Crippen LogP contribution in [0.2, 0.25) is 0 Å². The highest BCUT2D eigenvalue weighted by molar-refractivity contribution is 5.22. The van der Waals surface area contributed by atoms with E-state index in [4.69, 9.17) is 0 Å². The zero-order valence-corrected chi connectivity index (χ0v) is 11.6. The van der Waals surface area contributed by atoms with Crippen molar-refractivity contribution in [3.63, 3.8) is 0 Å². The Kier molecular flexibility index (Phi) is 2.41. The average Bonchev–Trinajstić information content (AvgIpc) is 2.79. The number of nitrogens with zero attached hydrogens (tertiary/aromatic N) is 1. The first-order valence-corrected chi connectivity index (χ1v) is 7.01. The molecule has 2 heteroatoms. The van der Waals surface area contributed by atoms with Gasteiger partial charge < -0.3 is 5.11 Å². The van der Waals surface area contributed by atoms with Crippen LogP contribution in [0, 0.1) is 16.7 Å². The molecule has 3 rings (SSSR count). The third kappa shape index (κ3) is 1.36. The summed E-state index contributed by atoms with van der Waals surface area (Å²) < 4.78 is 0. The van der Waals surface area contributed by atoms with Gasteiger partial charge in [0.1, 0.15) is 0 Å². The molecule has 2 nitrogen and oxygen atoms in total. The molecule has 0 radical (unpaired) electrons. The molecule has 1 heterocycles. The smallest absolute Gasteiger partial charge is 0.0809 e. The van der Waals surface area contributed by atoms with Crippen LogP contribution in [0.5, 0.6) is 0 Å². The summed E-state index contributed by atoms with van der Waals surface area (Å²) in [6.07, 6.45) is 6.11. The second-order valence-corrected chi connectivity index (χ2v) is 7.08. The van der Waals surface area contributed by atoms with E-state index in [0.29, 0.717) is 12.3 Å². The minimum Gasteiger partial charge on any atom is -0.388 e. The summed E-state index contributed by atoms with van der Waals surface area (Å²) in [6, 6.07) is 5.97. The zero-order chi connectivity index (χ0) is 13.0. The highest BCUT2D eigenvalue weighted by Crippen LogP contribution is 2.68. The maximum atomic E-state index is 11.4. The molecule has 1 N–H and O–H groups in total. The Labute approximate surface area is 109 Å². The summed E-state index contributed by atoms with van der Waals surface area (Å²) in [5, 5.41) is 11.4. The van der Waals surface area contributed by atoms with Crippen LogP contribution in [0.3, 0.4) is 0 Å². The highest BCUT2D eigenvalue weighted by Gasteiger charge is 2.68. The van der Waals surface area contributed by atoms with E-state index >= 15 is 0 Å². The first-order chi connectivity index (χ1) is 8.39. The molecular weight excluding hydrogens is 222 g/mol. The predicted molar refractivity (Wildman–Crippen MR) is 72.1 cm³/mol. The standard InChI is InChI=1S/C16H23NO/c1-14(2)12-7-8-15(3,10-12)16(14,18)11-13-6-4-5-9-17-13/h4-6,9,12,18H,7-8,10-11H2,1-3H3. The molecule has 3 unspecified atom stereocenters. The Morgan fingerprint density at radius 1 is 1.33 bits per heavy atom. The van der Waals surface area contributed by atoms with E-state index in [2.05, 4.69) is 25.8 Å². The third-order valence-electron chi connectivity index (χ3n) is 5.99. The number of aliphatic hydroxyl groups is 1. The van der Waals surface area contributed by atoms with Crippen LogP contribution in [0.25, 0.3) is 0 Å². The molecule has 2 saturated carbocycles. The highest BCUT2D eigenvalue weighted by atomic mass is 16.3. The Hall–Kier alpha value is -0.890. The van der Waals surface area contributed by atoms with Crippen molar-refractivity contribution >= 4 is 0 Å². The van der Waals surface area contributed by atoms with Crippen molar-refractivity contribution in [3.8, 4) is 0 Å². The summed E-state index contributed by atoms with van der Waals surface area (Å²) in [5.74, 6) is 0.663. The first-order valence-electron chi connectivity index (χ1n) is 7.01. The van der Waals surface area contributed by atoms with Gasteiger partial charge in [-0.15, -0.1) is 0 Å². The lowest BCUT2D eigenvalue weighted by molar-refractivity contribution is -0.142. The molecule has 1 aromatic heterocycles. The monoisotopic (exact) mass is 245 g/mol. The summed E-state index contributed by atoms with van der Waals surface area (Å²) in [7, 11) is 0. The molecule has 3 atom stereocenters. The number of hydrogen-bond acceptors (Lipinski definition) is 2. The zero-order valence-electron chi connectivity index (χ0n) is 11.6. The second kappa shape index (κ2) is 3.57. The Bertz CT molecular complexity index is 449. The van der Waals surface area contributed by atoms with Crippen molar-refractivity contribution in [3.05, 3.63) is 30.1 Å². The molecule has 0 amide bonds. The van der Waals surface area contributed by atoms with Crippen LogP contribution in [-0.2, 0) is 6.42 Å². The van der Waals surface area contributed by atoms with E-state index in [9.17, 15) is 5.11 Å². The fraction of sp³-hybridized carbons (Fsp3) is 0.688. The Balaban J connectivity index is 1.98. The molecule has 18 heavy (non-hydrogen) atoms. The van der Waals surface area contributed by atoms with Crippen LogP contribution in [0.1, 0.15) is 45.7 Å². The van der Waals surface area contributed by atoms with E-state index < -0.39 is 5.60 Å². The minimum atomic E-state index is -0.614. The van der Waals surface area contributed by atoms with Gasteiger partial charge in [-0.2, -0.15) is 0 Å². The number of rotatable bonds is 2. The van der Waals surface area contributed by atoms with Crippen molar-refractivity contribution in [2.24, 2.45) is 16.7 Å². The summed E-state index contributed by atoms with van der Waals surface area (Å²) in [4.78, 5) is 4.41. The van der Waals surface area contributed by atoms with E-state index in [0.717, 1.165) is 12.1 Å². The lowest BCUT2D eigenvalue weighted by Gasteiger charge is -2.50. The summed E-state index contributed by atoms with van der Waals surface area (Å²) in [5.41, 5.74) is 0.467. The van der Waals surface area contributed by atoms with Gasteiger partial charge in [0.15, 0.2) is 0 Å². The molecule has 0 saturated heterocycles. The van der Waals surface area contributed by atoms with E-state index in [1.807, 2.05) is 24.4 Å². The van der Waals surface area contributed by atoms with Gasteiger partial charge in [-0.05, 0) is 48.1 Å². The van der Waals surface area contributed by atoms with Crippen LogP contribution in [-0.4, -0.2) is 15.7 Å². The molecule has 2 aliphatic rings. The van der Waals surface area contributed by atoms with Crippen LogP contribution in [0.15, 0.2) is 24.4 Å². The topological polar surface area (TPSA) is 33.1 Å². The molecule has 0 aliphatic heterocycles. The van der Waals surface area contributed by atoms with Crippen molar-refractivity contribution in [1.82, 2.24) is 4.98 Å². The molecule has 2 fully saturated rings. The quantitative estimate of drug-likeness (QED) is 0.868. The summed E-state index contributed by atoms with van der Waals surface area (Å²) in [6.45, 7) is 6.75. The van der Waals surface area contributed by atoms with Crippen molar-refractivity contribution in [2.75, 3.05) is 0 Å². The second-order valence-electron chi connectivity index (χ2n) is 7.08. The lowest BCUT2D eigenvalue weighted by Crippen LogP contribution is -2.55. The molecule has 2 aliphatic carbocycles. The maximum Gasteiger partial charge on any atom is 0.0809 e. The lowest BCUT2D eigenvalue weighted by atomic mass is 9.59. The van der Waals surface area contributed by atoms with Gasteiger partial charge in [0.05, 0.1) is 5.60 Å². The Morgan fingerprint density at radius 2 is 2.11 bits per heavy atom. The molecule has 0 spiro atoms. The fourth-order valence-electron chi connectivity index (χ4n) is 4.55. The van der Waals surface area contributed by atoms with Gasteiger partial charge in [0.25, 0.3) is 0 Å². The molecule has 0 aromatic carbocycles. The van der Waals surface area contributed by atoms with Gasteiger partial charge in [-0.1, -0.05) is 26.8 Å². The first kappa shape index (κ1) is 12.2. The average molecular weight is 245 g/mol. The van der Waals surface area contributed by atoms with E-state index in [-0.39, 0.29) is 10.8 Å². The Morgan fingerprint density at radius 3 is 2.67 bits per heavy atom. The largest absolute Gasteiger partial charge is 0.388 e. The van der Waals surface area contributed by atoms with E-state index in [1.165, 1.54) is 12.8 Å². The molecule has 1 aromatic rings. The number of aromatic nitrogens is 1. The van der Waals surface area contributed by atoms with Crippen molar-refractivity contribution in [2.45, 2.75) is 52.1 Å². The predicted octanol–water partition coefficient (Wildman–Crippen LogP) is 3.20. The minimum absolute atomic E-state index is 0.00246.